The van der Waals surface area contributed by atoms with E-state index in [1.165, 1.54) is 4.57 Å². The highest BCUT2D eigenvalue weighted by Gasteiger charge is 2.22. The zero-order valence-corrected chi connectivity index (χ0v) is 24.2. The lowest BCUT2D eigenvalue weighted by atomic mass is 9.93. The molecule has 0 unspecified atom stereocenters. The van der Waals surface area contributed by atoms with Crippen molar-refractivity contribution < 1.29 is 4.39 Å². The maximum Gasteiger partial charge on any atom is 0.354 e. The standard InChI is InChI=1S/C31H37ClFN7O/c1-18(34)5-3-6-20-13-25(29(33)26(32)14-20)28-15-22-17-40(31(41)39-30(22)38-28)24-11-9-21(10-12-24)27-8-4-7-23(37-27)16-36-19(2)35/h9-15,17-18,23,27,37H,3-8,16,34H2,1-2H3,(H2,35,36)(H,38,39,41)/t18-,23-,27-/m0/s1. The zero-order chi connectivity index (χ0) is 29.1. The van der Waals surface area contributed by atoms with Crippen LogP contribution in [0.3, 0.4) is 0 Å². The quantitative estimate of drug-likeness (QED) is 0.131. The molecule has 1 aliphatic rings. The largest absolute Gasteiger partial charge is 0.373 e. The summed E-state index contributed by atoms with van der Waals surface area (Å²) in [7, 11) is 0. The molecule has 2 aromatic carbocycles. The van der Waals surface area contributed by atoms with Gasteiger partial charge in [-0.2, -0.15) is 4.98 Å². The number of hydrogen-bond acceptors (Lipinski definition) is 5. The molecular formula is C31H37ClFN7O. The molecule has 0 radical (unpaired) electrons. The number of nitrogens with one attached hydrogen (secondary N) is 4. The van der Waals surface area contributed by atoms with Crippen LogP contribution in [0.5, 0.6) is 0 Å². The number of nitrogens with two attached hydrogens (primary N) is 1. The molecule has 1 saturated heterocycles. The first-order valence-electron chi connectivity index (χ1n) is 14.2. The van der Waals surface area contributed by atoms with E-state index in [1.807, 2.05) is 31.2 Å². The second-order valence-corrected chi connectivity index (χ2v) is 11.5. The fourth-order valence-electron chi connectivity index (χ4n) is 5.53. The molecule has 3 heterocycles. The number of aromatic nitrogens is 3. The van der Waals surface area contributed by atoms with Crippen LogP contribution in [-0.4, -0.2) is 39.0 Å². The van der Waals surface area contributed by atoms with E-state index in [0.29, 0.717) is 39.9 Å². The Balaban J connectivity index is 1.37. The molecule has 0 amide bonds. The van der Waals surface area contributed by atoms with E-state index < -0.39 is 11.5 Å². The first-order valence-corrected chi connectivity index (χ1v) is 14.6. The van der Waals surface area contributed by atoms with Gasteiger partial charge in [0.1, 0.15) is 5.65 Å². The van der Waals surface area contributed by atoms with Crippen molar-refractivity contribution in [3.8, 4) is 16.9 Å². The Morgan fingerprint density at radius 2 is 2.05 bits per heavy atom. The molecule has 0 aliphatic carbocycles. The monoisotopic (exact) mass is 577 g/mol. The molecule has 0 spiro atoms. The van der Waals surface area contributed by atoms with Gasteiger partial charge in [-0.15, -0.1) is 0 Å². The minimum Gasteiger partial charge on any atom is -0.373 e. The summed E-state index contributed by atoms with van der Waals surface area (Å²) < 4.78 is 16.6. The molecule has 10 heteroatoms. The number of H-pyrrole nitrogens is 1. The molecule has 0 saturated carbocycles. The van der Waals surface area contributed by atoms with Gasteiger partial charge in [-0.25, -0.2) is 9.18 Å². The van der Waals surface area contributed by atoms with Crippen molar-refractivity contribution in [1.82, 2.24) is 25.2 Å². The molecular weight excluding hydrogens is 541 g/mol. The van der Waals surface area contributed by atoms with Crippen molar-refractivity contribution in [2.45, 2.75) is 70.5 Å². The highest BCUT2D eigenvalue weighted by atomic mass is 35.5. The van der Waals surface area contributed by atoms with Crippen molar-refractivity contribution in [1.29, 1.82) is 5.41 Å². The number of hydrogen-bond donors (Lipinski definition) is 5. The van der Waals surface area contributed by atoms with E-state index in [0.717, 1.165) is 56.2 Å². The predicted molar refractivity (Wildman–Crippen MR) is 164 cm³/mol. The number of piperidine rings is 1. The van der Waals surface area contributed by atoms with Gasteiger partial charge >= 0.3 is 5.69 Å². The highest BCUT2D eigenvalue weighted by molar-refractivity contribution is 6.31. The smallest absolute Gasteiger partial charge is 0.354 e. The molecule has 1 fully saturated rings. The summed E-state index contributed by atoms with van der Waals surface area (Å²) in [5.41, 5.74) is 9.48. The fraction of sp³-hybridized carbons (Fsp3) is 0.387. The van der Waals surface area contributed by atoms with Crippen molar-refractivity contribution >= 4 is 28.5 Å². The Labute approximate surface area is 244 Å². The number of aryl methyl sites for hydroxylation is 1. The number of fused-ring (bicyclic) bond motifs is 1. The predicted octanol–water partition coefficient (Wildman–Crippen LogP) is 5.61. The molecule has 4 aromatic rings. The van der Waals surface area contributed by atoms with Gasteiger partial charge in [-0.05, 0) is 93.8 Å². The van der Waals surface area contributed by atoms with E-state index >= 15 is 4.39 Å². The molecule has 3 atom stereocenters. The Morgan fingerprint density at radius 3 is 2.78 bits per heavy atom. The Hall–Kier alpha value is -3.53. The summed E-state index contributed by atoms with van der Waals surface area (Å²) >= 11 is 6.25. The second-order valence-electron chi connectivity index (χ2n) is 11.1. The van der Waals surface area contributed by atoms with Gasteiger partial charge in [-0.3, -0.25) is 9.98 Å². The van der Waals surface area contributed by atoms with Gasteiger partial charge in [0.05, 0.1) is 22.2 Å². The van der Waals surface area contributed by atoms with Crippen LogP contribution in [0, 0.1) is 11.2 Å². The average Bonchev–Trinajstić information content (AvgIpc) is 3.36. The molecule has 216 valence electrons. The fourth-order valence-corrected chi connectivity index (χ4v) is 5.77. The maximum atomic E-state index is 15.1. The molecule has 0 bridgehead atoms. The van der Waals surface area contributed by atoms with Crippen LogP contribution in [0.15, 0.2) is 53.5 Å². The van der Waals surface area contributed by atoms with Gasteiger partial charge in [0.25, 0.3) is 0 Å². The summed E-state index contributed by atoms with van der Waals surface area (Å²) in [6.07, 6.45) is 7.44. The van der Waals surface area contributed by atoms with Crippen LogP contribution < -0.4 is 22.1 Å². The van der Waals surface area contributed by atoms with Crippen molar-refractivity contribution in [2.75, 3.05) is 6.54 Å². The molecule has 6 N–H and O–H groups in total. The Bertz CT molecular complexity index is 1590. The number of rotatable bonds is 9. The third kappa shape index (κ3) is 6.86. The third-order valence-corrected chi connectivity index (χ3v) is 7.96. The van der Waals surface area contributed by atoms with E-state index in [4.69, 9.17) is 22.7 Å². The van der Waals surface area contributed by atoms with Gasteiger partial charge < -0.3 is 21.4 Å². The number of amidine groups is 1. The van der Waals surface area contributed by atoms with Crippen LogP contribution in [0.1, 0.15) is 63.1 Å². The van der Waals surface area contributed by atoms with Crippen LogP contribution in [0.25, 0.3) is 28.0 Å². The van der Waals surface area contributed by atoms with Crippen molar-refractivity contribution in [3.05, 3.63) is 81.1 Å². The van der Waals surface area contributed by atoms with Gasteiger partial charge in [-0.1, -0.05) is 23.7 Å². The normalized spacial score (nSPS) is 18.0. The lowest BCUT2D eigenvalue weighted by Crippen LogP contribution is -2.44. The molecule has 2 aromatic heterocycles. The number of nitrogens with zero attached hydrogens (tertiary/aromatic N) is 2. The summed E-state index contributed by atoms with van der Waals surface area (Å²) in [6, 6.07) is 13.8. The first kappa shape index (κ1) is 29.0. The van der Waals surface area contributed by atoms with E-state index in [1.54, 1.807) is 31.3 Å². The van der Waals surface area contributed by atoms with Crippen molar-refractivity contribution in [2.24, 2.45) is 5.73 Å². The van der Waals surface area contributed by atoms with E-state index in [9.17, 15) is 4.79 Å². The summed E-state index contributed by atoms with van der Waals surface area (Å²) in [5.74, 6) is -0.0402. The van der Waals surface area contributed by atoms with Gasteiger partial charge in [0.2, 0.25) is 0 Å². The number of benzene rings is 2. The summed E-state index contributed by atoms with van der Waals surface area (Å²) in [6.45, 7) is 4.45. The highest BCUT2D eigenvalue weighted by Crippen LogP contribution is 2.32. The van der Waals surface area contributed by atoms with Crippen LogP contribution in [0.2, 0.25) is 5.02 Å². The Morgan fingerprint density at radius 1 is 1.27 bits per heavy atom. The SMILES string of the molecule is CC(=N)NC[C@@H]1CCC[C@@H](c2ccc(-n3cc4cc(-c5cc(CCC[C@H](C)N)cc(Cl)c5F)[nH]c4nc3=O)cc2)N1. The topological polar surface area (TPSA) is 125 Å². The lowest BCUT2D eigenvalue weighted by Gasteiger charge is -2.31. The molecule has 5 rings (SSSR count). The van der Waals surface area contributed by atoms with Crippen molar-refractivity contribution in [3.63, 3.8) is 0 Å². The minimum atomic E-state index is -0.512. The van der Waals surface area contributed by atoms with Gasteiger partial charge in [0.15, 0.2) is 5.82 Å². The van der Waals surface area contributed by atoms with Gasteiger partial charge in [0, 0.05) is 41.8 Å². The van der Waals surface area contributed by atoms with E-state index in [-0.39, 0.29) is 17.1 Å². The van der Waals surface area contributed by atoms with Crippen LogP contribution >= 0.6 is 11.6 Å². The zero-order valence-electron chi connectivity index (χ0n) is 23.4. The summed E-state index contributed by atoms with van der Waals surface area (Å²) in [5, 5.41) is 15.1. The summed E-state index contributed by atoms with van der Waals surface area (Å²) in [4.78, 5) is 20.3. The number of halogens is 2. The first-order chi connectivity index (χ1) is 19.7. The lowest BCUT2D eigenvalue weighted by molar-refractivity contribution is 0.323. The third-order valence-electron chi connectivity index (χ3n) is 7.68. The van der Waals surface area contributed by atoms with E-state index in [2.05, 4.69) is 20.6 Å². The Kier molecular flexibility index (Phi) is 8.87. The molecule has 41 heavy (non-hydrogen) atoms. The van der Waals surface area contributed by atoms with Crippen LogP contribution in [0.4, 0.5) is 4.39 Å². The molecule has 8 nitrogen and oxygen atoms in total. The number of aromatic amines is 1. The maximum absolute atomic E-state index is 15.1. The minimum absolute atomic E-state index is 0.0597. The molecule has 1 aliphatic heterocycles. The second kappa shape index (κ2) is 12.5. The average molecular weight is 578 g/mol. The van der Waals surface area contributed by atoms with Crippen LogP contribution in [-0.2, 0) is 6.42 Å².